The van der Waals surface area contributed by atoms with E-state index in [1.54, 1.807) is 6.92 Å². The number of carbonyl (C=O) groups excluding carboxylic acids is 1. The van der Waals surface area contributed by atoms with E-state index in [9.17, 15) is 9.18 Å². The summed E-state index contributed by atoms with van der Waals surface area (Å²) >= 11 is 0. The first-order chi connectivity index (χ1) is 9.26. The van der Waals surface area contributed by atoms with E-state index in [0.29, 0.717) is 31.8 Å². The summed E-state index contributed by atoms with van der Waals surface area (Å²) in [4.78, 5) is 15.5. The highest BCUT2D eigenvalue weighted by Crippen LogP contribution is 2.17. The van der Waals surface area contributed by atoms with Crippen molar-refractivity contribution in [3.8, 4) is 0 Å². The van der Waals surface area contributed by atoms with Crippen molar-refractivity contribution < 1.29 is 13.9 Å². The molecule has 0 atom stereocenters. The van der Waals surface area contributed by atoms with Crippen molar-refractivity contribution in [3.63, 3.8) is 0 Å². The molecule has 0 saturated heterocycles. The molecule has 1 heterocycles. The minimum Gasteiger partial charge on any atom is -0.466 e. The Kier molecular flexibility index (Phi) is 4.49. The average Bonchev–Trinajstić information content (AvgIpc) is 2.77. The number of aromatic nitrogens is 2. The van der Waals surface area contributed by atoms with E-state index >= 15 is 0 Å². The second-order valence-corrected chi connectivity index (χ2v) is 4.21. The maximum Gasteiger partial charge on any atom is 0.305 e. The van der Waals surface area contributed by atoms with Gasteiger partial charge in [0.15, 0.2) is 0 Å². The van der Waals surface area contributed by atoms with Gasteiger partial charge in [0.05, 0.1) is 17.6 Å². The van der Waals surface area contributed by atoms with E-state index in [4.69, 9.17) is 4.74 Å². The van der Waals surface area contributed by atoms with Gasteiger partial charge in [0.1, 0.15) is 12.5 Å². The molecular formula is C14H17FN2O2. The van der Waals surface area contributed by atoms with Crippen LogP contribution in [0.4, 0.5) is 4.39 Å². The zero-order chi connectivity index (χ0) is 13.7. The summed E-state index contributed by atoms with van der Waals surface area (Å²) in [6, 6.07) is 7.54. The van der Waals surface area contributed by atoms with Crippen LogP contribution in [-0.4, -0.2) is 22.1 Å². The molecule has 2 rings (SSSR count). The zero-order valence-electron chi connectivity index (χ0n) is 10.9. The number of ether oxygens (including phenoxy) is 1. The lowest BCUT2D eigenvalue weighted by Crippen LogP contribution is -2.08. The van der Waals surface area contributed by atoms with E-state index in [1.807, 2.05) is 28.8 Å². The Bertz CT molecular complexity index is 566. The first kappa shape index (κ1) is 13.5. The highest BCUT2D eigenvalue weighted by Gasteiger charge is 2.10. The van der Waals surface area contributed by atoms with Gasteiger partial charge in [-0.15, -0.1) is 0 Å². The number of imidazole rings is 1. The SMILES string of the molecule is CCOC(=O)CCCn1c(CF)nc2ccccc21. The van der Waals surface area contributed by atoms with Gasteiger partial charge in [-0.25, -0.2) is 9.37 Å². The monoisotopic (exact) mass is 264 g/mol. The first-order valence-corrected chi connectivity index (χ1v) is 6.42. The number of para-hydroxylation sites is 2. The van der Waals surface area contributed by atoms with Crippen LogP contribution in [0.5, 0.6) is 0 Å². The standard InChI is InChI=1S/C14H17FN2O2/c1-2-19-14(18)8-5-9-17-12-7-4-3-6-11(12)16-13(17)10-15/h3-4,6-7H,2,5,8-10H2,1H3. The van der Waals surface area contributed by atoms with Gasteiger partial charge in [-0.2, -0.15) is 0 Å². The number of esters is 1. The summed E-state index contributed by atoms with van der Waals surface area (Å²) < 4.78 is 19.7. The molecule has 5 heteroatoms. The van der Waals surface area contributed by atoms with E-state index in [1.165, 1.54) is 0 Å². The Balaban J connectivity index is 2.09. The molecule has 19 heavy (non-hydrogen) atoms. The summed E-state index contributed by atoms with van der Waals surface area (Å²) in [5.74, 6) is 0.193. The fourth-order valence-electron chi connectivity index (χ4n) is 2.09. The van der Waals surface area contributed by atoms with Crippen LogP contribution in [-0.2, 0) is 22.8 Å². The number of alkyl halides is 1. The van der Waals surface area contributed by atoms with Crippen molar-refractivity contribution in [1.82, 2.24) is 9.55 Å². The zero-order valence-corrected chi connectivity index (χ0v) is 10.9. The lowest BCUT2D eigenvalue weighted by atomic mass is 10.3. The predicted octanol–water partition coefficient (Wildman–Crippen LogP) is 2.85. The molecule has 0 aliphatic heterocycles. The highest BCUT2D eigenvalue weighted by atomic mass is 19.1. The Hall–Kier alpha value is -1.91. The van der Waals surface area contributed by atoms with Crippen LogP contribution in [0.1, 0.15) is 25.6 Å². The van der Waals surface area contributed by atoms with Crippen molar-refractivity contribution >= 4 is 17.0 Å². The second-order valence-electron chi connectivity index (χ2n) is 4.21. The maximum atomic E-state index is 13.0. The van der Waals surface area contributed by atoms with Crippen molar-refractivity contribution in [1.29, 1.82) is 0 Å². The summed E-state index contributed by atoms with van der Waals surface area (Å²) in [5, 5.41) is 0. The lowest BCUT2D eigenvalue weighted by Gasteiger charge is -2.07. The summed E-state index contributed by atoms with van der Waals surface area (Å²) in [6.07, 6.45) is 0.957. The number of hydrogen-bond acceptors (Lipinski definition) is 3. The lowest BCUT2D eigenvalue weighted by molar-refractivity contribution is -0.143. The number of nitrogens with zero attached hydrogens (tertiary/aromatic N) is 2. The molecule has 0 spiro atoms. The minimum absolute atomic E-state index is 0.214. The van der Waals surface area contributed by atoms with Crippen LogP contribution in [0.2, 0.25) is 0 Å². The molecule has 0 bridgehead atoms. The van der Waals surface area contributed by atoms with Crippen LogP contribution >= 0.6 is 0 Å². The molecule has 0 aliphatic carbocycles. The molecule has 1 aromatic heterocycles. The Morgan fingerprint density at radius 3 is 2.95 bits per heavy atom. The smallest absolute Gasteiger partial charge is 0.305 e. The third-order valence-electron chi connectivity index (χ3n) is 2.92. The van der Waals surface area contributed by atoms with Crippen LogP contribution in [0.3, 0.4) is 0 Å². The Labute approximate surface area is 111 Å². The van der Waals surface area contributed by atoms with E-state index < -0.39 is 6.67 Å². The van der Waals surface area contributed by atoms with Crippen molar-refractivity contribution in [2.24, 2.45) is 0 Å². The minimum atomic E-state index is -0.603. The molecule has 102 valence electrons. The second kappa shape index (κ2) is 6.31. The van der Waals surface area contributed by atoms with Gasteiger partial charge in [-0.1, -0.05) is 12.1 Å². The highest BCUT2D eigenvalue weighted by molar-refractivity contribution is 5.76. The molecular weight excluding hydrogens is 247 g/mol. The number of hydrogen-bond donors (Lipinski definition) is 0. The Morgan fingerprint density at radius 1 is 1.42 bits per heavy atom. The third kappa shape index (κ3) is 3.10. The fourth-order valence-corrected chi connectivity index (χ4v) is 2.09. The predicted molar refractivity (Wildman–Crippen MR) is 70.4 cm³/mol. The van der Waals surface area contributed by atoms with E-state index in [0.717, 1.165) is 11.0 Å². The van der Waals surface area contributed by atoms with Gasteiger partial charge in [-0.3, -0.25) is 4.79 Å². The third-order valence-corrected chi connectivity index (χ3v) is 2.92. The molecule has 0 N–H and O–H groups in total. The van der Waals surface area contributed by atoms with E-state index in [2.05, 4.69) is 4.98 Å². The van der Waals surface area contributed by atoms with Crippen molar-refractivity contribution in [3.05, 3.63) is 30.1 Å². The molecule has 4 nitrogen and oxygen atoms in total. The van der Waals surface area contributed by atoms with Gasteiger partial charge in [-0.05, 0) is 25.5 Å². The van der Waals surface area contributed by atoms with E-state index in [-0.39, 0.29) is 5.97 Å². The van der Waals surface area contributed by atoms with Gasteiger partial charge >= 0.3 is 5.97 Å². The van der Waals surface area contributed by atoms with Crippen LogP contribution in [0, 0.1) is 0 Å². The molecule has 0 saturated carbocycles. The average molecular weight is 264 g/mol. The summed E-state index contributed by atoms with van der Waals surface area (Å²) in [5.41, 5.74) is 1.69. The maximum absolute atomic E-state index is 13.0. The normalized spacial score (nSPS) is 10.8. The van der Waals surface area contributed by atoms with Gasteiger partial charge in [0, 0.05) is 13.0 Å². The van der Waals surface area contributed by atoms with Gasteiger partial charge < -0.3 is 9.30 Å². The molecule has 1 aromatic carbocycles. The first-order valence-electron chi connectivity index (χ1n) is 6.42. The summed E-state index contributed by atoms with van der Waals surface area (Å²) in [6.45, 7) is 2.14. The quantitative estimate of drug-likeness (QED) is 0.753. The molecule has 0 amide bonds. The van der Waals surface area contributed by atoms with Gasteiger partial charge in [0.2, 0.25) is 0 Å². The topological polar surface area (TPSA) is 44.1 Å². The molecule has 0 radical (unpaired) electrons. The Morgan fingerprint density at radius 2 is 2.21 bits per heavy atom. The number of fused-ring (bicyclic) bond motifs is 1. The van der Waals surface area contributed by atoms with Crippen molar-refractivity contribution in [2.45, 2.75) is 33.0 Å². The van der Waals surface area contributed by atoms with Crippen molar-refractivity contribution in [2.75, 3.05) is 6.61 Å². The van der Waals surface area contributed by atoms with Crippen LogP contribution in [0.25, 0.3) is 11.0 Å². The van der Waals surface area contributed by atoms with Crippen LogP contribution in [0.15, 0.2) is 24.3 Å². The number of aryl methyl sites for hydroxylation is 1. The molecule has 2 aromatic rings. The molecule has 0 aliphatic rings. The number of halogens is 1. The number of rotatable bonds is 6. The molecule has 0 fully saturated rings. The largest absolute Gasteiger partial charge is 0.466 e. The molecule has 0 unspecified atom stereocenters. The number of benzene rings is 1. The van der Waals surface area contributed by atoms with Crippen LogP contribution < -0.4 is 0 Å². The fraction of sp³-hybridized carbons (Fsp3) is 0.429. The number of carbonyl (C=O) groups is 1. The van der Waals surface area contributed by atoms with Gasteiger partial charge in [0.25, 0.3) is 0 Å². The summed E-state index contributed by atoms with van der Waals surface area (Å²) in [7, 11) is 0.